The summed E-state index contributed by atoms with van der Waals surface area (Å²) < 4.78 is 17.8. The number of esters is 1. The fourth-order valence-electron chi connectivity index (χ4n) is 2.93. The Bertz CT molecular complexity index is 1310. The molecule has 0 unspecified atom stereocenters. The van der Waals surface area contributed by atoms with E-state index in [9.17, 15) is 19.7 Å². The van der Waals surface area contributed by atoms with Crippen molar-refractivity contribution in [1.29, 1.82) is 0 Å². The summed E-state index contributed by atoms with van der Waals surface area (Å²) in [6.07, 6.45) is 2.64. The summed E-state index contributed by atoms with van der Waals surface area (Å²) in [7, 11) is 1.27. The van der Waals surface area contributed by atoms with Gasteiger partial charge >= 0.3 is 5.97 Å². The molecule has 0 saturated carbocycles. The van der Waals surface area contributed by atoms with Gasteiger partial charge in [0.15, 0.2) is 16.3 Å². The number of hydrogen-bond donors (Lipinski definition) is 0. The number of hydrogen-bond acceptors (Lipinski definition) is 8. The number of thiazole rings is 1. The number of ether oxygens (including phenoxy) is 3. The first-order chi connectivity index (χ1) is 14.9. The van der Waals surface area contributed by atoms with Gasteiger partial charge in [0.25, 0.3) is 11.6 Å². The zero-order valence-electron chi connectivity index (χ0n) is 16.1. The van der Waals surface area contributed by atoms with Crippen LogP contribution in [0.15, 0.2) is 47.5 Å². The molecule has 3 aromatic rings. The highest BCUT2D eigenvalue weighted by Crippen LogP contribution is 2.37. The maximum atomic E-state index is 12.4. The molecule has 1 amide bonds. The third kappa shape index (κ3) is 4.31. The molecule has 0 spiro atoms. The van der Waals surface area contributed by atoms with Crippen molar-refractivity contribution in [3.8, 4) is 11.5 Å². The third-order valence-corrected chi connectivity index (χ3v) is 5.44. The average molecular weight is 441 g/mol. The third-order valence-electron chi connectivity index (χ3n) is 4.40. The molecule has 1 aliphatic rings. The molecular weight excluding hydrogens is 426 g/mol. The van der Waals surface area contributed by atoms with E-state index in [1.165, 1.54) is 48.8 Å². The van der Waals surface area contributed by atoms with Gasteiger partial charge in [0.2, 0.25) is 6.79 Å². The summed E-state index contributed by atoms with van der Waals surface area (Å²) in [6, 6.07) is 9.36. The van der Waals surface area contributed by atoms with Crippen LogP contribution in [0, 0.1) is 10.1 Å². The largest absolute Gasteiger partial charge is 0.468 e. The van der Waals surface area contributed by atoms with Crippen LogP contribution in [0.3, 0.4) is 0 Å². The van der Waals surface area contributed by atoms with Crippen LogP contribution in [0.25, 0.3) is 16.3 Å². The molecule has 2 heterocycles. The van der Waals surface area contributed by atoms with Gasteiger partial charge in [0.1, 0.15) is 6.54 Å². The van der Waals surface area contributed by atoms with Gasteiger partial charge in [-0.3, -0.25) is 19.7 Å². The first kappa shape index (κ1) is 20.3. The van der Waals surface area contributed by atoms with Crippen LogP contribution in [0.2, 0.25) is 0 Å². The van der Waals surface area contributed by atoms with E-state index in [-0.39, 0.29) is 23.8 Å². The first-order valence-corrected chi connectivity index (χ1v) is 9.77. The molecular formula is C20H15N3O7S. The fraction of sp³-hybridized carbons (Fsp3) is 0.150. The number of rotatable bonds is 5. The molecule has 2 aromatic carbocycles. The molecule has 31 heavy (non-hydrogen) atoms. The highest BCUT2D eigenvalue weighted by molar-refractivity contribution is 7.16. The van der Waals surface area contributed by atoms with Gasteiger partial charge in [-0.2, -0.15) is 4.99 Å². The van der Waals surface area contributed by atoms with E-state index < -0.39 is 16.8 Å². The second-order valence-corrected chi connectivity index (χ2v) is 7.36. The molecule has 10 nitrogen and oxygen atoms in total. The number of nitrogens with zero attached hydrogens (tertiary/aromatic N) is 3. The average Bonchev–Trinajstić information content (AvgIpc) is 3.34. The van der Waals surface area contributed by atoms with E-state index in [2.05, 4.69) is 4.99 Å². The van der Waals surface area contributed by atoms with Crippen LogP contribution in [0.5, 0.6) is 11.5 Å². The summed E-state index contributed by atoms with van der Waals surface area (Å²) in [5.74, 6) is 0.0184. The topological polar surface area (TPSA) is 122 Å². The molecule has 0 fully saturated rings. The zero-order chi connectivity index (χ0) is 22.0. The lowest BCUT2D eigenvalue weighted by atomic mass is 10.2. The van der Waals surface area contributed by atoms with Crippen LogP contribution in [0.1, 0.15) is 5.56 Å². The normalized spacial score (nSPS) is 13.1. The van der Waals surface area contributed by atoms with Crippen molar-refractivity contribution in [2.24, 2.45) is 4.99 Å². The van der Waals surface area contributed by atoms with Gasteiger partial charge in [0.05, 0.1) is 22.2 Å². The summed E-state index contributed by atoms with van der Waals surface area (Å²) in [4.78, 5) is 39.1. The van der Waals surface area contributed by atoms with E-state index in [0.29, 0.717) is 22.6 Å². The summed E-state index contributed by atoms with van der Waals surface area (Å²) in [6.45, 7) is -0.0291. The first-order valence-electron chi connectivity index (χ1n) is 8.95. The number of nitro groups is 1. The maximum Gasteiger partial charge on any atom is 0.325 e. The van der Waals surface area contributed by atoms with Crippen molar-refractivity contribution >= 4 is 45.2 Å². The molecule has 0 N–H and O–H groups in total. The van der Waals surface area contributed by atoms with Crippen molar-refractivity contribution in [3.63, 3.8) is 0 Å². The molecule has 1 aliphatic heterocycles. The lowest BCUT2D eigenvalue weighted by Gasteiger charge is -2.04. The number of nitro benzene ring substituents is 1. The Morgan fingerprint density at radius 1 is 1.29 bits per heavy atom. The molecule has 11 heteroatoms. The Labute approximate surface area is 178 Å². The minimum Gasteiger partial charge on any atom is -0.468 e. The summed E-state index contributed by atoms with van der Waals surface area (Å²) >= 11 is 1.21. The maximum absolute atomic E-state index is 12.4. The van der Waals surface area contributed by atoms with Crippen molar-refractivity contribution < 1.29 is 28.7 Å². The van der Waals surface area contributed by atoms with E-state index in [1.807, 2.05) is 0 Å². The number of carbonyl (C=O) groups is 2. The monoisotopic (exact) mass is 441 g/mol. The highest BCUT2D eigenvalue weighted by Gasteiger charge is 2.19. The number of aromatic nitrogens is 1. The predicted octanol–water partition coefficient (Wildman–Crippen LogP) is 2.65. The van der Waals surface area contributed by atoms with Crippen LogP contribution in [0.4, 0.5) is 5.69 Å². The van der Waals surface area contributed by atoms with Crippen LogP contribution < -0.4 is 14.3 Å². The van der Waals surface area contributed by atoms with Gasteiger partial charge in [0, 0.05) is 30.3 Å². The van der Waals surface area contributed by atoms with E-state index >= 15 is 0 Å². The second-order valence-electron chi connectivity index (χ2n) is 6.36. The second kappa shape index (κ2) is 8.40. The predicted molar refractivity (Wildman–Crippen MR) is 111 cm³/mol. The lowest BCUT2D eigenvalue weighted by molar-refractivity contribution is -0.384. The van der Waals surface area contributed by atoms with Crippen molar-refractivity contribution in [2.45, 2.75) is 6.54 Å². The van der Waals surface area contributed by atoms with Crippen molar-refractivity contribution in [2.75, 3.05) is 13.9 Å². The Kier molecular flexibility index (Phi) is 5.50. The number of methoxy groups -OCH3 is 1. The Morgan fingerprint density at radius 3 is 2.81 bits per heavy atom. The Morgan fingerprint density at radius 2 is 2.06 bits per heavy atom. The molecule has 0 bridgehead atoms. The summed E-state index contributed by atoms with van der Waals surface area (Å²) in [5.41, 5.74) is 1.06. The van der Waals surface area contributed by atoms with Crippen LogP contribution in [-0.2, 0) is 20.9 Å². The van der Waals surface area contributed by atoms with Gasteiger partial charge in [-0.25, -0.2) is 0 Å². The van der Waals surface area contributed by atoms with Crippen LogP contribution >= 0.6 is 11.3 Å². The molecule has 0 aliphatic carbocycles. The smallest absolute Gasteiger partial charge is 0.325 e. The minimum absolute atomic E-state index is 0.0792. The fourth-order valence-corrected chi connectivity index (χ4v) is 3.98. The number of fused-ring (bicyclic) bond motifs is 2. The molecule has 0 radical (unpaired) electrons. The Balaban J connectivity index is 1.71. The highest BCUT2D eigenvalue weighted by atomic mass is 32.1. The summed E-state index contributed by atoms with van der Waals surface area (Å²) in [5, 5.41) is 10.9. The van der Waals surface area contributed by atoms with E-state index in [1.54, 1.807) is 22.8 Å². The molecule has 0 atom stereocenters. The molecule has 158 valence electrons. The Hall–Kier alpha value is -3.99. The minimum atomic E-state index is -0.586. The SMILES string of the molecule is COC(=O)Cn1c(=NC(=O)/C=C/c2cccc([N+](=O)[O-])c2)sc2cc3c(cc21)OCO3. The number of amides is 1. The number of non-ortho nitro benzene ring substituents is 1. The van der Waals surface area contributed by atoms with Gasteiger partial charge in [-0.15, -0.1) is 0 Å². The van der Waals surface area contributed by atoms with Crippen LogP contribution in [-0.4, -0.2) is 35.3 Å². The zero-order valence-corrected chi connectivity index (χ0v) is 17.0. The lowest BCUT2D eigenvalue weighted by Crippen LogP contribution is -2.22. The number of carbonyl (C=O) groups excluding carboxylic acids is 2. The van der Waals surface area contributed by atoms with Gasteiger partial charge in [-0.05, 0) is 11.6 Å². The standard InChI is InChI=1S/C20H15N3O7S/c1-28-19(25)10-22-14-8-15-16(30-11-29-15)9-17(14)31-20(22)21-18(24)6-5-12-3-2-4-13(7-12)23(26)27/h2-9H,10-11H2,1H3/b6-5+,21-20?. The van der Waals surface area contributed by atoms with E-state index in [0.717, 1.165) is 4.70 Å². The molecule has 1 aromatic heterocycles. The quantitative estimate of drug-likeness (QED) is 0.258. The molecule has 0 saturated heterocycles. The van der Waals surface area contributed by atoms with Crippen molar-refractivity contribution in [3.05, 3.63) is 63.0 Å². The molecule has 4 rings (SSSR count). The van der Waals surface area contributed by atoms with Crippen molar-refractivity contribution in [1.82, 2.24) is 4.57 Å². The number of benzene rings is 2. The van der Waals surface area contributed by atoms with Gasteiger partial charge < -0.3 is 18.8 Å². The van der Waals surface area contributed by atoms with E-state index in [4.69, 9.17) is 14.2 Å². The van der Waals surface area contributed by atoms with Gasteiger partial charge in [-0.1, -0.05) is 23.5 Å².